The Labute approximate surface area is 166 Å². The molecule has 2 aromatic heterocycles. The maximum absolute atomic E-state index is 12.7. The number of benzene rings is 2. The quantitative estimate of drug-likeness (QED) is 0.527. The number of rotatable bonds is 4. The number of amides is 1. The van der Waals surface area contributed by atoms with E-state index in [1.165, 1.54) is 0 Å². The largest absolute Gasteiger partial charge is 0.355 e. The van der Waals surface area contributed by atoms with E-state index in [2.05, 4.69) is 15.6 Å². The van der Waals surface area contributed by atoms with Crippen molar-refractivity contribution in [1.82, 2.24) is 14.9 Å². The number of anilines is 1. The van der Waals surface area contributed by atoms with Gasteiger partial charge in [0.2, 0.25) is 0 Å². The highest BCUT2D eigenvalue weighted by atomic mass is 35.5. The first-order valence-corrected chi connectivity index (χ1v) is 9.06. The number of hydrogen-bond acceptors (Lipinski definition) is 4. The number of halogens is 1. The zero-order valence-electron chi connectivity index (χ0n) is 15.3. The van der Waals surface area contributed by atoms with Crippen molar-refractivity contribution in [3.05, 3.63) is 82.8 Å². The number of hydrogen-bond donors (Lipinski definition) is 1. The number of aromatic nitrogens is 3. The molecule has 1 N–H and O–H groups in total. The van der Waals surface area contributed by atoms with Crippen LogP contribution in [0.1, 0.15) is 21.9 Å². The Morgan fingerprint density at radius 2 is 1.86 bits per heavy atom. The van der Waals surface area contributed by atoms with Crippen LogP contribution in [0.4, 0.5) is 5.69 Å². The third-order valence-electron chi connectivity index (χ3n) is 4.38. The summed E-state index contributed by atoms with van der Waals surface area (Å²) in [5.41, 5.74) is 4.06. The lowest BCUT2D eigenvalue weighted by atomic mass is 10.1. The van der Waals surface area contributed by atoms with Gasteiger partial charge in [0.15, 0.2) is 11.5 Å². The van der Waals surface area contributed by atoms with Gasteiger partial charge in [-0.3, -0.25) is 4.79 Å². The van der Waals surface area contributed by atoms with Gasteiger partial charge in [0.1, 0.15) is 0 Å². The molecular weight excluding hydrogens is 376 g/mol. The molecule has 0 spiro atoms. The van der Waals surface area contributed by atoms with Gasteiger partial charge < -0.3 is 9.84 Å². The zero-order chi connectivity index (χ0) is 19.7. The average molecular weight is 393 g/mol. The van der Waals surface area contributed by atoms with Crippen LogP contribution in [0, 0.1) is 13.8 Å². The van der Waals surface area contributed by atoms with Crippen LogP contribution in [0.3, 0.4) is 0 Å². The van der Waals surface area contributed by atoms with Gasteiger partial charge >= 0.3 is 0 Å². The summed E-state index contributed by atoms with van der Waals surface area (Å²) in [5.74, 6) is 0.108. The topological polar surface area (TPSA) is 73.0 Å². The highest BCUT2D eigenvalue weighted by Gasteiger charge is 2.19. The number of carbonyl (C=O) groups is 1. The predicted molar refractivity (Wildman–Crippen MR) is 108 cm³/mol. The lowest BCUT2D eigenvalue weighted by Gasteiger charge is -2.05. The fourth-order valence-electron chi connectivity index (χ4n) is 2.98. The molecule has 4 aromatic rings. The molecule has 2 aromatic carbocycles. The van der Waals surface area contributed by atoms with Crippen LogP contribution in [-0.4, -0.2) is 20.8 Å². The van der Waals surface area contributed by atoms with E-state index in [9.17, 15) is 4.79 Å². The molecule has 0 unspecified atom stereocenters. The molecule has 1 amide bonds. The molecule has 140 valence electrons. The normalized spacial score (nSPS) is 10.8. The van der Waals surface area contributed by atoms with Crippen LogP contribution in [-0.2, 0) is 0 Å². The summed E-state index contributed by atoms with van der Waals surface area (Å²) in [6.07, 6.45) is 0. The second kappa shape index (κ2) is 7.32. The zero-order valence-corrected chi connectivity index (χ0v) is 16.1. The number of para-hydroxylation sites is 1. The summed E-state index contributed by atoms with van der Waals surface area (Å²) in [6, 6.07) is 18.5. The fourth-order valence-corrected chi connectivity index (χ4v) is 3.17. The number of carbonyl (C=O) groups excluding carboxylic acids is 1. The Hall–Kier alpha value is -3.38. The monoisotopic (exact) mass is 392 g/mol. The standard InChI is InChI=1S/C21H17ClN4O2/c1-13-20(14(2)26(24-13)17-9-4-3-5-10-17)23-21(27)18-12-19(28-25-18)15-7-6-8-16(22)11-15/h3-12H,1-2H3,(H,23,27). The molecule has 0 atom stereocenters. The first-order chi connectivity index (χ1) is 13.5. The SMILES string of the molecule is Cc1nn(-c2ccccc2)c(C)c1NC(=O)c1cc(-c2cccc(Cl)c2)on1. The molecule has 0 bridgehead atoms. The summed E-state index contributed by atoms with van der Waals surface area (Å²) in [6.45, 7) is 3.76. The molecule has 0 radical (unpaired) electrons. The fraction of sp³-hybridized carbons (Fsp3) is 0.0952. The second-order valence-corrected chi connectivity index (χ2v) is 6.77. The van der Waals surface area contributed by atoms with Crippen molar-refractivity contribution >= 4 is 23.2 Å². The molecule has 4 rings (SSSR count). The third kappa shape index (κ3) is 3.42. The molecular formula is C21H17ClN4O2. The van der Waals surface area contributed by atoms with Gasteiger partial charge in [0.05, 0.1) is 22.8 Å². The lowest BCUT2D eigenvalue weighted by Crippen LogP contribution is -2.13. The van der Waals surface area contributed by atoms with Gasteiger partial charge in [-0.15, -0.1) is 0 Å². The highest BCUT2D eigenvalue weighted by Crippen LogP contribution is 2.26. The maximum Gasteiger partial charge on any atom is 0.277 e. The predicted octanol–water partition coefficient (Wildman–Crippen LogP) is 5.05. The van der Waals surface area contributed by atoms with E-state index in [0.29, 0.717) is 22.2 Å². The van der Waals surface area contributed by atoms with Crippen molar-refractivity contribution in [2.45, 2.75) is 13.8 Å². The first-order valence-electron chi connectivity index (χ1n) is 8.68. The minimum absolute atomic E-state index is 0.182. The molecule has 0 fully saturated rings. The molecule has 0 aliphatic heterocycles. The average Bonchev–Trinajstić information content (AvgIpc) is 3.30. The number of aryl methyl sites for hydroxylation is 1. The molecule has 28 heavy (non-hydrogen) atoms. The Balaban J connectivity index is 1.59. The van der Waals surface area contributed by atoms with E-state index < -0.39 is 0 Å². The minimum Gasteiger partial charge on any atom is -0.355 e. The van der Waals surface area contributed by atoms with Gasteiger partial charge in [0.25, 0.3) is 5.91 Å². The smallest absolute Gasteiger partial charge is 0.277 e. The van der Waals surface area contributed by atoms with Crippen molar-refractivity contribution in [3.8, 4) is 17.0 Å². The first kappa shape index (κ1) is 18.0. The molecule has 0 aliphatic carbocycles. The summed E-state index contributed by atoms with van der Waals surface area (Å²) in [5, 5.41) is 11.9. The van der Waals surface area contributed by atoms with Gasteiger partial charge in [-0.1, -0.05) is 47.1 Å². The van der Waals surface area contributed by atoms with Crippen LogP contribution in [0.25, 0.3) is 17.0 Å². The molecule has 7 heteroatoms. The van der Waals surface area contributed by atoms with Gasteiger partial charge in [-0.25, -0.2) is 4.68 Å². The van der Waals surface area contributed by atoms with Crippen molar-refractivity contribution in [3.63, 3.8) is 0 Å². The molecule has 0 aliphatic rings. The molecule has 0 saturated heterocycles. The lowest BCUT2D eigenvalue weighted by molar-refractivity contribution is 0.101. The van der Waals surface area contributed by atoms with Gasteiger partial charge in [-0.2, -0.15) is 5.10 Å². The van der Waals surface area contributed by atoms with Crippen LogP contribution in [0.2, 0.25) is 5.02 Å². The Kier molecular flexibility index (Phi) is 4.71. The minimum atomic E-state index is -0.365. The van der Waals surface area contributed by atoms with E-state index in [1.807, 2.05) is 56.3 Å². The Morgan fingerprint density at radius 1 is 1.07 bits per heavy atom. The van der Waals surface area contributed by atoms with Crippen molar-refractivity contribution < 1.29 is 9.32 Å². The van der Waals surface area contributed by atoms with Crippen molar-refractivity contribution in [2.75, 3.05) is 5.32 Å². The number of nitrogens with one attached hydrogen (secondary N) is 1. The molecule has 0 saturated carbocycles. The van der Waals surface area contributed by atoms with Crippen LogP contribution in [0.15, 0.2) is 65.2 Å². The van der Waals surface area contributed by atoms with E-state index in [-0.39, 0.29) is 11.6 Å². The Morgan fingerprint density at radius 3 is 2.61 bits per heavy atom. The van der Waals surface area contributed by atoms with Crippen molar-refractivity contribution in [1.29, 1.82) is 0 Å². The van der Waals surface area contributed by atoms with E-state index in [0.717, 1.165) is 16.9 Å². The highest BCUT2D eigenvalue weighted by molar-refractivity contribution is 6.30. The van der Waals surface area contributed by atoms with Gasteiger partial charge in [-0.05, 0) is 38.1 Å². The summed E-state index contributed by atoms with van der Waals surface area (Å²) in [4.78, 5) is 12.7. The van der Waals surface area contributed by atoms with Crippen LogP contribution in [0.5, 0.6) is 0 Å². The summed E-state index contributed by atoms with van der Waals surface area (Å²) in [7, 11) is 0. The van der Waals surface area contributed by atoms with E-state index in [1.54, 1.807) is 22.9 Å². The second-order valence-electron chi connectivity index (χ2n) is 6.33. The summed E-state index contributed by atoms with van der Waals surface area (Å²) >= 11 is 6.01. The third-order valence-corrected chi connectivity index (χ3v) is 4.62. The molecule has 6 nitrogen and oxygen atoms in total. The van der Waals surface area contributed by atoms with Crippen molar-refractivity contribution in [2.24, 2.45) is 0 Å². The van der Waals surface area contributed by atoms with Crippen LogP contribution < -0.4 is 5.32 Å². The molecule has 2 heterocycles. The van der Waals surface area contributed by atoms with E-state index >= 15 is 0 Å². The van der Waals surface area contributed by atoms with Crippen LogP contribution >= 0.6 is 11.6 Å². The summed E-state index contributed by atoms with van der Waals surface area (Å²) < 4.78 is 7.11. The van der Waals surface area contributed by atoms with Gasteiger partial charge in [0, 0.05) is 16.7 Å². The Bertz CT molecular complexity index is 1150. The maximum atomic E-state index is 12.7. The van der Waals surface area contributed by atoms with E-state index in [4.69, 9.17) is 16.1 Å². The number of nitrogens with zero attached hydrogens (tertiary/aromatic N) is 3.